The maximum absolute atomic E-state index is 12.6. The first-order valence-corrected chi connectivity index (χ1v) is 9.87. The highest BCUT2D eigenvalue weighted by Crippen LogP contribution is 2.19. The second-order valence-electron chi connectivity index (χ2n) is 6.06. The second-order valence-corrected chi connectivity index (χ2v) is 8.00. The Balaban J connectivity index is 1.57. The molecule has 2 aromatic rings. The molecule has 0 radical (unpaired) electrons. The monoisotopic (exact) mass is 378 g/mol. The van der Waals surface area contributed by atoms with Gasteiger partial charge in [-0.15, -0.1) is 0 Å². The van der Waals surface area contributed by atoms with E-state index in [4.69, 9.17) is 4.74 Å². The summed E-state index contributed by atoms with van der Waals surface area (Å²) in [6.07, 6.45) is 2.11. The molecule has 1 aromatic heterocycles. The minimum atomic E-state index is -3.52. The number of benzene rings is 1. The molecule has 8 nitrogen and oxygen atoms in total. The molecule has 1 N–H and O–H groups in total. The van der Waals surface area contributed by atoms with Gasteiger partial charge in [0.15, 0.2) is 0 Å². The molecular weight excluding hydrogens is 356 g/mol. The minimum Gasteiger partial charge on any atom is -0.379 e. The summed E-state index contributed by atoms with van der Waals surface area (Å²) in [4.78, 5) is 12.2. The lowest BCUT2D eigenvalue weighted by atomic mass is 10.3. The van der Waals surface area contributed by atoms with E-state index < -0.39 is 10.0 Å². The largest absolute Gasteiger partial charge is 0.379 e. The average Bonchev–Trinajstić information content (AvgIpc) is 3.06. The third-order valence-corrected chi connectivity index (χ3v) is 6.00. The number of rotatable bonds is 6. The predicted molar refractivity (Wildman–Crippen MR) is 96.2 cm³/mol. The van der Waals surface area contributed by atoms with Crippen LogP contribution in [0.4, 0.5) is 5.69 Å². The molecule has 0 unspecified atom stereocenters. The van der Waals surface area contributed by atoms with Crippen LogP contribution in [0, 0.1) is 6.92 Å². The van der Waals surface area contributed by atoms with E-state index >= 15 is 0 Å². The van der Waals surface area contributed by atoms with Crippen LogP contribution >= 0.6 is 0 Å². The maximum atomic E-state index is 12.6. The van der Waals surface area contributed by atoms with E-state index in [1.807, 2.05) is 19.2 Å². The number of sulfonamides is 1. The average molecular weight is 378 g/mol. The highest BCUT2D eigenvalue weighted by atomic mass is 32.2. The van der Waals surface area contributed by atoms with Gasteiger partial charge in [-0.2, -0.15) is 9.40 Å². The topological polar surface area (TPSA) is 93.5 Å². The standard InChI is InChI=1S/C17H22N4O4S/c1-14-6-8-20(19-14)9-7-17(22)18-15-2-4-16(5-3-15)26(23,24)21-10-12-25-13-11-21/h2-6,8H,7,9-13H2,1H3,(H,18,22). The Morgan fingerprint density at radius 1 is 1.19 bits per heavy atom. The van der Waals surface area contributed by atoms with Crippen molar-refractivity contribution < 1.29 is 17.9 Å². The Hall–Kier alpha value is -2.23. The number of aryl methyl sites for hydroxylation is 2. The molecule has 0 saturated carbocycles. The smallest absolute Gasteiger partial charge is 0.243 e. The van der Waals surface area contributed by atoms with Crippen molar-refractivity contribution in [2.75, 3.05) is 31.6 Å². The summed E-state index contributed by atoms with van der Waals surface area (Å²) in [5.41, 5.74) is 1.47. The van der Waals surface area contributed by atoms with Crippen molar-refractivity contribution in [2.24, 2.45) is 0 Å². The molecule has 0 atom stereocenters. The quantitative estimate of drug-likeness (QED) is 0.816. The zero-order valence-corrected chi connectivity index (χ0v) is 15.4. The SMILES string of the molecule is Cc1ccn(CCC(=O)Nc2ccc(S(=O)(=O)N3CCOCC3)cc2)n1. The highest BCUT2D eigenvalue weighted by molar-refractivity contribution is 7.89. The van der Waals surface area contributed by atoms with Gasteiger partial charge in [0.2, 0.25) is 15.9 Å². The fourth-order valence-corrected chi connectivity index (χ4v) is 4.08. The van der Waals surface area contributed by atoms with Crippen molar-refractivity contribution in [3.05, 3.63) is 42.2 Å². The molecule has 1 aliphatic rings. The number of carbonyl (C=O) groups is 1. The van der Waals surface area contributed by atoms with Crippen LogP contribution in [0.2, 0.25) is 0 Å². The lowest BCUT2D eigenvalue weighted by molar-refractivity contribution is -0.116. The van der Waals surface area contributed by atoms with Gasteiger partial charge in [0.05, 0.1) is 23.8 Å². The lowest BCUT2D eigenvalue weighted by Gasteiger charge is -2.26. The number of amides is 1. The summed E-state index contributed by atoms with van der Waals surface area (Å²) in [7, 11) is -3.52. The zero-order chi connectivity index (χ0) is 18.6. The summed E-state index contributed by atoms with van der Waals surface area (Å²) < 4.78 is 33.4. The number of hydrogen-bond acceptors (Lipinski definition) is 5. The van der Waals surface area contributed by atoms with Crippen LogP contribution in [0.3, 0.4) is 0 Å². The highest BCUT2D eigenvalue weighted by Gasteiger charge is 2.26. The van der Waals surface area contributed by atoms with Crippen LogP contribution in [0.15, 0.2) is 41.4 Å². The molecule has 9 heteroatoms. The molecule has 1 amide bonds. The van der Waals surface area contributed by atoms with Gasteiger partial charge in [0, 0.05) is 37.9 Å². The molecule has 1 saturated heterocycles. The maximum Gasteiger partial charge on any atom is 0.243 e. The molecule has 1 fully saturated rings. The van der Waals surface area contributed by atoms with Gasteiger partial charge < -0.3 is 10.1 Å². The van der Waals surface area contributed by atoms with E-state index in [-0.39, 0.29) is 17.2 Å². The summed E-state index contributed by atoms with van der Waals surface area (Å²) in [5.74, 6) is -0.151. The molecule has 0 bridgehead atoms. The van der Waals surface area contributed by atoms with E-state index in [1.54, 1.807) is 16.8 Å². The van der Waals surface area contributed by atoms with Gasteiger partial charge in [-0.3, -0.25) is 9.48 Å². The van der Waals surface area contributed by atoms with Gasteiger partial charge in [-0.25, -0.2) is 8.42 Å². The Kier molecular flexibility index (Phi) is 5.70. The Morgan fingerprint density at radius 3 is 2.50 bits per heavy atom. The summed E-state index contributed by atoms with van der Waals surface area (Å²) in [6.45, 7) is 3.90. The number of anilines is 1. The third kappa shape index (κ3) is 4.48. The van der Waals surface area contributed by atoms with Gasteiger partial charge in [0.25, 0.3) is 0 Å². The van der Waals surface area contributed by atoms with E-state index in [0.29, 0.717) is 38.5 Å². The van der Waals surface area contributed by atoms with Crippen molar-refractivity contribution in [1.29, 1.82) is 0 Å². The molecule has 140 valence electrons. The van der Waals surface area contributed by atoms with Crippen LogP contribution in [-0.2, 0) is 26.1 Å². The molecule has 0 spiro atoms. The van der Waals surface area contributed by atoms with Crippen LogP contribution in [0.25, 0.3) is 0 Å². The number of carbonyl (C=O) groups excluding carboxylic acids is 1. The van der Waals surface area contributed by atoms with E-state index in [2.05, 4.69) is 10.4 Å². The predicted octanol–water partition coefficient (Wildman–Crippen LogP) is 1.24. The van der Waals surface area contributed by atoms with Crippen molar-refractivity contribution in [3.8, 4) is 0 Å². The van der Waals surface area contributed by atoms with E-state index in [0.717, 1.165) is 5.69 Å². The number of nitrogens with one attached hydrogen (secondary N) is 1. The number of morpholine rings is 1. The summed E-state index contributed by atoms with van der Waals surface area (Å²) in [6, 6.07) is 8.10. The Bertz CT molecular complexity index is 855. The van der Waals surface area contributed by atoms with Gasteiger partial charge in [0.1, 0.15) is 0 Å². The summed E-state index contributed by atoms with van der Waals surface area (Å²) >= 11 is 0. The molecular formula is C17H22N4O4S. The Labute approximate surface area is 152 Å². The molecule has 1 aromatic carbocycles. The third-order valence-electron chi connectivity index (χ3n) is 4.09. The van der Waals surface area contributed by atoms with Crippen LogP contribution in [0.1, 0.15) is 12.1 Å². The van der Waals surface area contributed by atoms with Crippen molar-refractivity contribution in [3.63, 3.8) is 0 Å². The normalized spacial score (nSPS) is 15.7. The zero-order valence-electron chi connectivity index (χ0n) is 14.6. The van der Waals surface area contributed by atoms with Crippen molar-refractivity contribution in [1.82, 2.24) is 14.1 Å². The number of hydrogen-bond donors (Lipinski definition) is 1. The molecule has 26 heavy (non-hydrogen) atoms. The van der Waals surface area contributed by atoms with Crippen molar-refractivity contribution in [2.45, 2.75) is 24.8 Å². The number of aromatic nitrogens is 2. The van der Waals surface area contributed by atoms with Crippen LogP contribution in [0.5, 0.6) is 0 Å². The molecule has 1 aliphatic heterocycles. The summed E-state index contributed by atoms with van der Waals surface area (Å²) in [5, 5.41) is 7.00. The number of ether oxygens (including phenoxy) is 1. The molecule has 3 rings (SSSR count). The van der Waals surface area contributed by atoms with Gasteiger partial charge >= 0.3 is 0 Å². The number of nitrogens with zero attached hydrogens (tertiary/aromatic N) is 3. The van der Waals surface area contributed by atoms with E-state index in [1.165, 1.54) is 16.4 Å². The minimum absolute atomic E-state index is 0.151. The Morgan fingerprint density at radius 2 is 1.88 bits per heavy atom. The fourth-order valence-electron chi connectivity index (χ4n) is 2.67. The fraction of sp³-hybridized carbons (Fsp3) is 0.412. The van der Waals surface area contributed by atoms with Gasteiger partial charge in [-0.1, -0.05) is 0 Å². The first-order chi connectivity index (χ1) is 12.4. The van der Waals surface area contributed by atoms with Gasteiger partial charge in [-0.05, 0) is 37.3 Å². The molecule has 2 heterocycles. The van der Waals surface area contributed by atoms with Crippen LogP contribution < -0.4 is 5.32 Å². The first kappa shape index (κ1) is 18.6. The van der Waals surface area contributed by atoms with Crippen LogP contribution in [-0.4, -0.2) is 54.7 Å². The second kappa shape index (κ2) is 7.98. The first-order valence-electron chi connectivity index (χ1n) is 8.43. The van der Waals surface area contributed by atoms with E-state index in [9.17, 15) is 13.2 Å². The molecule has 0 aliphatic carbocycles. The lowest BCUT2D eigenvalue weighted by Crippen LogP contribution is -2.40. The van der Waals surface area contributed by atoms with Crippen molar-refractivity contribution >= 4 is 21.6 Å².